The summed E-state index contributed by atoms with van der Waals surface area (Å²) in [7, 11) is 0. The van der Waals surface area contributed by atoms with Gasteiger partial charge in [-0.25, -0.2) is 5.01 Å². The van der Waals surface area contributed by atoms with E-state index in [1.165, 1.54) is 36.4 Å². The van der Waals surface area contributed by atoms with Crippen LogP contribution in [0.1, 0.15) is 11.3 Å². The molecule has 2 amide bonds. The molecule has 0 radical (unpaired) electrons. The molecule has 0 bridgehead atoms. The molecule has 1 aliphatic rings. The van der Waals surface area contributed by atoms with Crippen LogP contribution in [-0.2, 0) is 15.8 Å². The number of carbonyl (C=O) groups is 2. The van der Waals surface area contributed by atoms with E-state index < -0.39 is 28.5 Å². The fourth-order valence-corrected chi connectivity index (χ4v) is 3.30. The largest absolute Gasteiger partial charge is 0.457 e. The number of alkyl halides is 3. The van der Waals surface area contributed by atoms with Crippen LogP contribution >= 0.6 is 11.6 Å². The highest BCUT2D eigenvalue weighted by atomic mass is 35.5. The third-order valence-electron chi connectivity index (χ3n) is 4.66. The van der Waals surface area contributed by atoms with Crippen LogP contribution in [0.15, 0.2) is 64.6 Å². The van der Waals surface area contributed by atoms with E-state index in [9.17, 15) is 32.9 Å². The summed E-state index contributed by atoms with van der Waals surface area (Å²) in [6, 6.07) is 10.5. The molecule has 0 aliphatic carbocycles. The molecule has 2 aromatic carbocycles. The van der Waals surface area contributed by atoms with Gasteiger partial charge in [-0.05, 0) is 42.5 Å². The highest BCUT2D eigenvalue weighted by Gasteiger charge is 2.37. The molecule has 3 aromatic rings. The number of carbonyl (C=O) groups excluding carboxylic acids is 2. The summed E-state index contributed by atoms with van der Waals surface area (Å²) in [6.07, 6.45) is -3.51. The molecule has 0 saturated carbocycles. The molecule has 2 heterocycles. The molecular formula is C21H11ClF3N3O5. The van der Waals surface area contributed by atoms with Gasteiger partial charge >= 0.3 is 6.18 Å². The van der Waals surface area contributed by atoms with Gasteiger partial charge in [0.05, 0.1) is 21.2 Å². The molecule has 8 nitrogen and oxygen atoms in total. The number of hydrazine groups is 1. The Morgan fingerprint density at radius 2 is 1.85 bits per heavy atom. The maximum absolute atomic E-state index is 13.0. The summed E-state index contributed by atoms with van der Waals surface area (Å²) in [5, 5.41) is 11.9. The summed E-state index contributed by atoms with van der Waals surface area (Å²) in [6.45, 7) is 0. The first-order valence-corrected chi connectivity index (χ1v) is 9.51. The van der Waals surface area contributed by atoms with Crippen LogP contribution in [0.25, 0.3) is 17.4 Å². The molecule has 1 aromatic heterocycles. The summed E-state index contributed by atoms with van der Waals surface area (Å²) in [5.74, 6) is -1.53. The Morgan fingerprint density at radius 1 is 1.09 bits per heavy atom. The highest BCUT2D eigenvalue weighted by molar-refractivity contribution is 6.33. The van der Waals surface area contributed by atoms with Gasteiger partial charge in [-0.2, -0.15) is 13.2 Å². The Labute approximate surface area is 188 Å². The monoisotopic (exact) mass is 477 g/mol. The van der Waals surface area contributed by atoms with Crippen LogP contribution in [-0.4, -0.2) is 16.7 Å². The topological polar surface area (TPSA) is 106 Å². The van der Waals surface area contributed by atoms with Gasteiger partial charge < -0.3 is 4.42 Å². The lowest BCUT2D eigenvalue weighted by Gasteiger charge is -2.16. The molecule has 1 saturated heterocycles. The van der Waals surface area contributed by atoms with Gasteiger partial charge in [0.1, 0.15) is 17.1 Å². The Balaban J connectivity index is 1.63. The Kier molecular flexibility index (Phi) is 5.42. The Bertz CT molecular complexity index is 1330. The summed E-state index contributed by atoms with van der Waals surface area (Å²) >= 11 is 6.09. The average Bonchev–Trinajstić information content (AvgIpc) is 3.33. The number of furan rings is 1. The zero-order chi connectivity index (χ0) is 23.9. The number of benzene rings is 2. The number of hydrogen-bond donors (Lipinski definition) is 1. The van der Waals surface area contributed by atoms with Crippen molar-refractivity contribution in [2.45, 2.75) is 6.18 Å². The first kappa shape index (κ1) is 22.1. The fraction of sp³-hybridized carbons (Fsp3) is 0.0476. The van der Waals surface area contributed by atoms with Crippen LogP contribution in [0.3, 0.4) is 0 Å². The minimum Gasteiger partial charge on any atom is -0.457 e. The predicted octanol–water partition coefficient (Wildman–Crippen LogP) is 4.99. The number of hydrogen-bond acceptors (Lipinski definition) is 5. The van der Waals surface area contributed by atoms with Crippen molar-refractivity contribution in [1.82, 2.24) is 5.43 Å². The van der Waals surface area contributed by atoms with E-state index in [1.54, 1.807) is 0 Å². The van der Waals surface area contributed by atoms with Crippen molar-refractivity contribution in [3.8, 4) is 11.3 Å². The van der Waals surface area contributed by atoms with Crippen molar-refractivity contribution in [2.75, 3.05) is 5.01 Å². The van der Waals surface area contributed by atoms with Crippen molar-refractivity contribution in [3.63, 3.8) is 0 Å². The van der Waals surface area contributed by atoms with Gasteiger partial charge in [0.15, 0.2) is 0 Å². The number of nitrogens with one attached hydrogen (secondary N) is 1. The van der Waals surface area contributed by atoms with Gasteiger partial charge in [0.25, 0.3) is 17.5 Å². The lowest BCUT2D eigenvalue weighted by molar-refractivity contribution is -0.384. The molecule has 12 heteroatoms. The zero-order valence-electron chi connectivity index (χ0n) is 16.2. The number of rotatable bonds is 4. The van der Waals surface area contributed by atoms with Gasteiger partial charge in [-0.3, -0.25) is 25.1 Å². The second kappa shape index (κ2) is 8.10. The molecule has 0 atom stereocenters. The molecule has 168 valence electrons. The van der Waals surface area contributed by atoms with Crippen molar-refractivity contribution in [2.24, 2.45) is 0 Å². The molecular weight excluding hydrogens is 467 g/mol. The quantitative estimate of drug-likeness (QED) is 0.247. The van der Waals surface area contributed by atoms with E-state index in [0.717, 1.165) is 24.3 Å². The van der Waals surface area contributed by atoms with E-state index in [1.807, 2.05) is 0 Å². The third kappa shape index (κ3) is 4.30. The van der Waals surface area contributed by atoms with Crippen LogP contribution in [0, 0.1) is 10.1 Å². The number of nitro groups is 1. The standard InChI is InChI=1S/C21H11ClF3N3O5/c22-17-6-4-13(28(31)32)9-15(17)18-7-5-14(33-18)10-16-19(29)26-27(20(16)30)12-3-1-2-11(8-12)21(23,24)25/h1-10H,(H,26,29)/b16-10-. The maximum atomic E-state index is 13.0. The SMILES string of the molecule is O=C1NN(c2cccc(C(F)(F)F)c2)C(=O)/C1=C\c1ccc(-c2cc([N+](=O)[O-])ccc2Cl)o1. The first-order chi connectivity index (χ1) is 15.5. The third-order valence-corrected chi connectivity index (χ3v) is 4.99. The van der Waals surface area contributed by atoms with Crippen LogP contribution < -0.4 is 10.4 Å². The highest BCUT2D eigenvalue weighted by Crippen LogP contribution is 2.34. The number of nitrogens with zero attached hydrogens (tertiary/aromatic N) is 2. The summed E-state index contributed by atoms with van der Waals surface area (Å²) < 4.78 is 44.5. The second-order valence-electron chi connectivity index (χ2n) is 6.81. The lowest BCUT2D eigenvalue weighted by Crippen LogP contribution is -2.35. The average molecular weight is 478 g/mol. The molecule has 0 unspecified atom stereocenters. The molecule has 4 rings (SSSR count). The minimum atomic E-state index is -4.63. The minimum absolute atomic E-state index is 0.0527. The number of halogens is 4. The number of anilines is 1. The van der Waals surface area contributed by atoms with E-state index in [-0.39, 0.29) is 39.1 Å². The Morgan fingerprint density at radius 3 is 2.55 bits per heavy atom. The van der Waals surface area contributed by atoms with E-state index in [2.05, 4.69) is 5.43 Å². The number of nitro benzene ring substituents is 1. The van der Waals surface area contributed by atoms with E-state index in [0.29, 0.717) is 5.01 Å². The summed E-state index contributed by atoms with van der Waals surface area (Å²) in [4.78, 5) is 35.4. The predicted molar refractivity (Wildman–Crippen MR) is 111 cm³/mol. The fourth-order valence-electron chi connectivity index (χ4n) is 3.09. The van der Waals surface area contributed by atoms with E-state index in [4.69, 9.17) is 16.0 Å². The van der Waals surface area contributed by atoms with Gasteiger partial charge in [0.2, 0.25) is 0 Å². The van der Waals surface area contributed by atoms with Crippen LogP contribution in [0.4, 0.5) is 24.5 Å². The normalized spacial score (nSPS) is 15.3. The number of non-ortho nitro benzene ring substituents is 1. The molecule has 1 fully saturated rings. The lowest BCUT2D eigenvalue weighted by atomic mass is 10.1. The first-order valence-electron chi connectivity index (χ1n) is 9.13. The summed E-state index contributed by atoms with van der Waals surface area (Å²) in [5.41, 5.74) is 0.688. The maximum Gasteiger partial charge on any atom is 0.416 e. The molecule has 33 heavy (non-hydrogen) atoms. The molecule has 1 N–H and O–H groups in total. The van der Waals surface area contributed by atoms with Crippen molar-refractivity contribution >= 4 is 40.9 Å². The van der Waals surface area contributed by atoms with Crippen molar-refractivity contribution in [3.05, 3.63) is 86.6 Å². The van der Waals surface area contributed by atoms with Crippen molar-refractivity contribution < 1.29 is 32.1 Å². The van der Waals surface area contributed by atoms with Crippen LogP contribution in [0.2, 0.25) is 5.02 Å². The van der Waals surface area contributed by atoms with Crippen molar-refractivity contribution in [1.29, 1.82) is 0 Å². The van der Waals surface area contributed by atoms with Gasteiger partial charge in [0, 0.05) is 17.7 Å². The van der Waals surface area contributed by atoms with Gasteiger partial charge in [-0.15, -0.1) is 0 Å². The zero-order valence-corrected chi connectivity index (χ0v) is 17.0. The van der Waals surface area contributed by atoms with Gasteiger partial charge in [-0.1, -0.05) is 17.7 Å². The molecule has 0 spiro atoms. The van der Waals surface area contributed by atoms with Crippen LogP contribution in [0.5, 0.6) is 0 Å². The Hall–Kier alpha value is -4.12. The molecule has 1 aliphatic heterocycles. The van der Waals surface area contributed by atoms with E-state index >= 15 is 0 Å². The smallest absolute Gasteiger partial charge is 0.416 e. The number of amides is 2. The second-order valence-corrected chi connectivity index (χ2v) is 7.22.